The van der Waals surface area contributed by atoms with E-state index >= 15 is 0 Å². The summed E-state index contributed by atoms with van der Waals surface area (Å²) in [6, 6.07) is 0.219. The summed E-state index contributed by atoms with van der Waals surface area (Å²) in [5.41, 5.74) is 0. The van der Waals surface area contributed by atoms with Gasteiger partial charge in [-0.3, -0.25) is 14.6 Å². The number of carboxylic acids is 1. The highest BCUT2D eigenvalue weighted by atomic mass is 16.4. The Morgan fingerprint density at radius 1 is 1.28 bits per heavy atom. The molecule has 2 rings (SSSR count). The maximum Gasteiger partial charge on any atom is 0.320 e. The number of carboxylic acid groups (broad SMARTS) is 1. The molecule has 2 fully saturated rings. The van der Waals surface area contributed by atoms with Gasteiger partial charge in [-0.2, -0.15) is 0 Å². The van der Waals surface area contributed by atoms with Gasteiger partial charge in [-0.25, -0.2) is 0 Å². The Balaban J connectivity index is 1.85. The van der Waals surface area contributed by atoms with E-state index in [0.717, 1.165) is 51.9 Å². The molecule has 0 radical (unpaired) electrons. The zero-order valence-electron chi connectivity index (χ0n) is 11.1. The summed E-state index contributed by atoms with van der Waals surface area (Å²) in [5, 5.41) is 9.21. The molecule has 2 heterocycles. The summed E-state index contributed by atoms with van der Waals surface area (Å²) in [7, 11) is 0. The lowest BCUT2D eigenvalue weighted by Gasteiger charge is -2.37. The minimum Gasteiger partial charge on any atom is -0.480 e. The monoisotopic (exact) mass is 250 g/mol. The Kier molecular flexibility index (Phi) is 4.62. The number of nitrogens with zero attached hydrogens (tertiary/aromatic N) is 2. The van der Waals surface area contributed by atoms with Crippen LogP contribution in [0.2, 0.25) is 0 Å². The third-order valence-corrected chi connectivity index (χ3v) is 4.08. The molecule has 18 heavy (non-hydrogen) atoms. The highest BCUT2D eigenvalue weighted by Gasteiger charge is 2.36. The summed E-state index contributed by atoms with van der Waals surface area (Å²) < 4.78 is 0. The van der Waals surface area contributed by atoms with E-state index in [2.05, 4.69) is 21.6 Å². The molecule has 100 valence electrons. The van der Waals surface area contributed by atoms with Crippen molar-refractivity contribution in [2.24, 2.45) is 0 Å². The smallest absolute Gasteiger partial charge is 0.320 e. The third-order valence-electron chi connectivity index (χ3n) is 4.08. The maximum absolute atomic E-state index is 11.2. The minimum absolute atomic E-state index is 0.239. The van der Waals surface area contributed by atoms with E-state index in [1.165, 1.54) is 0 Å². The Bertz CT molecular complexity index is 351. The van der Waals surface area contributed by atoms with Crippen LogP contribution >= 0.6 is 0 Å². The van der Waals surface area contributed by atoms with E-state index in [1.807, 2.05) is 6.92 Å². The van der Waals surface area contributed by atoms with Crippen molar-refractivity contribution in [3.8, 4) is 11.8 Å². The molecule has 0 aromatic carbocycles. The molecule has 2 saturated heterocycles. The molecule has 0 spiro atoms. The van der Waals surface area contributed by atoms with E-state index in [0.29, 0.717) is 6.04 Å². The lowest BCUT2D eigenvalue weighted by Crippen LogP contribution is -2.48. The van der Waals surface area contributed by atoms with Crippen molar-refractivity contribution in [2.75, 3.05) is 26.2 Å². The zero-order chi connectivity index (χ0) is 13.0. The van der Waals surface area contributed by atoms with Gasteiger partial charge in [-0.05, 0) is 39.2 Å². The second-order valence-corrected chi connectivity index (χ2v) is 5.17. The van der Waals surface area contributed by atoms with Crippen LogP contribution < -0.4 is 0 Å². The molecule has 0 saturated carbocycles. The van der Waals surface area contributed by atoms with Crippen molar-refractivity contribution in [3.05, 3.63) is 0 Å². The average Bonchev–Trinajstić information content (AvgIpc) is 2.86. The first-order valence-electron chi connectivity index (χ1n) is 6.83. The lowest BCUT2D eigenvalue weighted by atomic mass is 10.0. The number of hydrogen-bond donors (Lipinski definition) is 1. The Morgan fingerprint density at radius 2 is 2.00 bits per heavy atom. The Labute approximate surface area is 109 Å². The number of rotatable bonds is 3. The molecule has 0 aliphatic carbocycles. The summed E-state index contributed by atoms with van der Waals surface area (Å²) in [5.74, 6) is 5.37. The maximum atomic E-state index is 11.2. The number of hydrogen-bond acceptors (Lipinski definition) is 3. The van der Waals surface area contributed by atoms with Gasteiger partial charge in [0, 0.05) is 19.1 Å². The van der Waals surface area contributed by atoms with Crippen molar-refractivity contribution in [3.63, 3.8) is 0 Å². The van der Waals surface area contributed by atoms with Gasteiger partial charge in [0.05, 0.1) is 6.54 Å². The van der Waals surface area contributed by atoms with Gasteiger partial charge in [0.1, 0.15) is 6.04 Å². The number of likely N-dealkylation sites (tertiary alicyclic amines) is 2. The van der Waals surface area contributed by atoms with Crippen LogP contribution in [-0.2, 0) is 4.79 Å². The fraction of sp³-hybridized carbons (Fsp3) is 0.786. The van der Waals surface area contributed by atoms with Crippen LogP contribution in [0.3, 0.4) is 0 Å². The zero-order valence-corrected chi connectivity index (χ0v) is 11.1. The SMILES string of the molecule is CC#CCN1CCC(N2CCCC2C(=O)O)CC1. The molecule has 2 aliphatic heterocycles. The van der Waals surface area contributed by atoms with Crippen LogP contribution in [0, 0.1) is 11.8 Å². The average molecular weight is 250 g/mol. The predicted molar refractivity (Wildman–Crippen MR) is 70.3 cm³/mol. The first-order chi connectivity index (χ1) is 8.72. The van der Waals surface area contributed by atoms with Gasteiger partial charge in [-0.1, -0.05) is 5.92 Å². The van der Waals surface area contributed by atoms with Gasteiger partial charge in [0.25, 0.3) is 0 Å². The molecule has 1 atom stereocenters. The molecule has 2 aliphatic rings. The molecule has 4 heteroatoms. The molecule has 0 aromatic heterocycles. The molecule has 0 bridgehead atoms. The van der Waals surface area contributed by atoms with Crippen LogP contribution in [0.25, 0.3) is 0 Å². The summed E-state index contributed by atoms with van der Waals surface area (Å²) in [6.07, 6.45) is 4.00. The fourth-order valence-corrected chi connectivity index (χ4v) is 3.09. The van der Waals surface area contributed by atoms with E-state index in [-0.39, 0.29) is 6.04 Å². The van der Waals surface area contributed by atoms with Crippen LogP contribution in [-0.4, -0.2) is 59.1 Å². The van der Waals surface area contributed by atoms with Crippen molar-refractivity contribution in [1.29, 1.82) is 0 Å². The van der Waals surface area contributed by atoms with Crippen LogP contribution in [0.5, 0.6) is 0 Å². The predicted octanol–water partition coefficient (Wildman–Crippen LogP) is 1.02. The number of piperidine rings is 1. The van der Waals surface area contributed by atoms with Gasteiger partial charge >= 0.3 is 5.97 Å². The highest BCUT2D eigenvalue weighted by molar-refractivity contribution is 5.73. The lowest BCUT2D eigenvalue weighted by molar-refractivity contribution is -0.143. The van der Waals surface area contributed by atoms with E-state index in [1.54, 1.807) is 0 Å². The van der Waals surface area contributed by atoms with E-state index < -0.39 is 5.97 Å². The first kappa shape index (κ1) is 13.4. The largest absolute Gasteiger partial charge is 0.480 e. The van der Waals surface area contributed by atoms with E-state index in [4.69, 9.17) is 0 Å². The van der Waals surface area contributed by atoms with Crippen molar-refractivity contribution < 1.29 is 9.90 Å². The standard InChI is InChI=1S/C14H22N2O2/c1-2-3-8-15-10-6-12(7-11-15)16-9-4-5-13(16)14(17)18/h12-13H,4-11H2,1H3,(H,17,18). The van der Waals surface area contributed by atoms with Gasteiger partial charge in [-0.15, -0.1) is 5.92 Å². The minimum atomic E-state index is -0.647. The second-order valence-electron chi connectivity index (χ2n) is 5.17. The van der Waals surface area contributed by atoms with E-state index in [9.17, 15) is 9.90 Å². The summed E-state index contributed by atoms with van der Waals surface area (Å²) >= 11 is 0. The molecular weight excluding hydrogens is 228 g/mol. The van der Waals surface area contributed by atoms with Gasteiger partial charge in [0.2, 0.25) is 0 Å². The fourth-order valence-electron chi connectivity index (χ4n) is 3.09. The topological polar surface area (TPSA) is 43.8 Å². The molecule has 0 aromatic rings. The molecule has 0 amide bonds. The highest BCUT2D eigenvalue weighted by Crippen LogP contribution is 2.25. The van der Waals surface area contributed by atoms with Crippen molar-refractivity contribution >= 4 is 5.97 Å². The quantitative estimate of drug-likeness (QED) is 0.760. The molecule has 1 unspecified atom stereocenters. The van der Waals surface area contributed by atoms with Crippen LogP contribution in [0.15, 0.2) is 0 Å². The van der Waals surface area contributed by atoms with Crippen LogP contribution in [0.1, 0.15) is 32.6 Å². The van der Waals surface area contributed by atoms with Crippen molar-refractivity contribution in [1.82, 2.24) is 9.80 Å². The second kappa shape index (κ2) is 6.21. The van der Waals surface area contributed by atoms with Crippen LogP contribution in [0.4, 0.5) is 0 Å². The first-order valence-corrected chi connectivity index (χ1v) is 6.83. The molecule has 1 N–H and O–H groups in total. The van der Waals surface area contributed by atoms with Gasteiger partial charge < -0.3 is 5.11 Å². The third kappa shape index (κ3) is 3.04. The number of aliphatic carboxylic acids is 1. The summed E-state index contributed by atoms with van der Waals surface area (Å²) in [6.45, 7) is 5.76. The number of carbonyl (C=O) groups is 1. The Hall–Kier alpha value is -1.05. The normalized spacial score (nSPS) is 26.8. The van der Waals surface area contributed by atoms with Gasteiger partial charge in [0.15, 0.2) is 0 Å². The Morgan fingerprint density at radius 3 is 2.61 bits per heavy atom. The molecular formula is C14H22N2O2. The summed E-state index contributed by atoms with van der Waals surface area (Å²) in [4.78, 5) is 15.8. The van der Waals surface area contributed by atoms with Crippen molar-refractivity contribution in [2.45, 2.75) is 44.7 Å². The molecule has 4 nitrogen and oxygen atoms in total.